The quantitative estimate of drug-likeness (QED) is 0.849. The van der Waals surface area contributed by atoms with Crippen LogP contribution in [0.4, 0.5) is 14.0 Å². The van der Waals surface area contributed by atoms with Crippen LogP contribution in [-0.4, -0.2) is 31.7 Å². The van der Waals surface area contributed by atoms with Crippen molar-refractivity contribution in [3.63, 3.8) is 0 Å². The van der Waals surface area contributed by atoms with E-state index in [-0.39, 0.29) is 24.4 Å². The summed E-state index contributed by atoms with van der Waals surface area (Å²) in [6, 6.07) is 3.10. The summed E-state index contributed by atoms with van der Waals surface area (Å²) in [7, 11) is -4.67. The summed E-state index contributed by atoms with van der Waals surface area (Å²) < 4.78 is 46.8. The van der Waals surface area contributed by atoms with Crippen molar-refractivity contribution < 1.29 is 26.6 Å². The lowest BCUT2D eigenvalue weighted by Crippen LogP contribution is -2.25. The van der Waals surface area contributed by atoms with Crippen LogP contribution in [0.3, 0.4) is 0 Å². The minimum atomic E-state index is -4.67. The molecular weight excluding hydrogens is 280 g/mol. The number of anilines is 1. The Kier molecular flexibility index (Phi) is 3.44. The van der Waals surface area contributed by atoms with E-state index in [0.29, 0.717) is 0 Å². The first-order valence-electron chi connectivity index (χ1n) is 5.47. The molecule has 2 rings (SSSR count). The Morgan fingerprint density at radius 3 is 2.74 bits per heavy atom. The lowest BCUT2D eigenvalue weighted by atomic mass is 10.1. The number of phenolic OH excluding ortho intramolecular Hbond substituents is 1. The molecule has 1 unspecified atom stereocenters. The van der Waals surface area contributed by atoms with Crippen LogP contribution in [0.5, 0.6) is 5.75 Å². The maximum Gasteiger partial charge on any atom is 0.302 e. The van der Waals surface area contributed by atoms with E-state index in [2.05, 4.69) is 0 Å². The minimum Gasteiger partial charge on any atom is -0.506 e. The highest BCUT2D eigenvalue weighted by Gasteiger charge is 2.34. The van der Waals surface area contributed by atoms with Crippen molar-refractivity contribution in [2.75, 3.05) is 17.2 Å². The maximum absolute atomic E-state index is 13.1. The standard InChI is InChI=1S/C11H11F2NO4S/c12-8-1-2-10(15)9(4-8)14-5-7(3-11(14)16)6-19(13,17)18/h1-2,4,7,15H,3,5-6H2. The first-order valence-corrected chi connectivity index (χ1v) is 7.03. The molecule has 0 bridgehead atoms. The van der Waals surface area contributed by atoms with Gasteiger partial charge >= 0.3 is 10.2 Å². The second-order valence-corrected chi connectivity index (χ2v) is 5.82. The number of hydrogen-bond acceptors (Lipinski definition) is 4. The molecule has 1 aliphatic rings. The van der Waals surface area contributed by atoms with Gasteiger partial charge in [-0.2, -0.15) is 8.42 Å². The van der Waals surface area contributed by atoms with Crippen molar-refractivity contribution in [3.8, 4) is 5.75 Å². The number of benzene rings is 1. The van der Waals surface area contributed by atoms with E-state index in [9.17, 15) is 26.6 Å². The number of nitrogens with zero attached hydrogens (tertiary/aromatic N) is 1. The summed E-state index contributed by atoms with van der Waals surface area (Å²) in [6.45, 7) is -0.0704. The molecule has 1 heterocycles. The Labute approximate surface area is 108 Å². The number of hydrogen-bond donors (Lipinski definition) is 1. The zero-order chi connectivity index (χ0) is 14.2. The predicted molar refractivity (Wildman–Crippen MR) is 63.4 cm³/mol. The van der Waals surface area contributed by atoms with Crippen LogP contribution in [0, 0.1) is 11.7 Å². The molecule has 0 aliphatic carbocycles. The van der Waals surface area contributed by atoms with Crippen molar-refractivity contribution in [1.82, 2.24) is 0 Å². The van der Waals surface area contributed by atoms with Gasteiger partial charge < -0.3 is 10.0 Å². The van der Waals surface area contributed by atoms with Crippen LogP contribution in [-0.2, 0) is 15.0 Å². The van der Waals surface area contributed by atoms with Gasteiger partial charge in [-0.15, -0.1) is 3.89 Å². The Morgan fingerprint density at radius 2 is 2.11 bits per heavy atom. The first-order chi connectivity index (χ1) is 8.76. The zero-order valence-corrected chi connectivity index (χ0v) is 10.5. The molecule has 1 atom stereocenters. The van der Waals surface area contributed by atoms with Crippen molar-refractivity contribution in [3.05, 3.63) is 24.0 Å². The first kappa shape index (κ1) is 13.7. The number of amides is 1. The van der Waals surface area contributed by atoms with Gasteiger partial charge in [0.1, 0.15) is 11.6 Å². The topological polar surface area (TPSA) is 74.7 Å². The van der Waals surface area contributed by atoms with Gasteiger partial charge in [0, 0.05) is 24.9 Å². The molecule has 1 aromatic rings. The van der Waals surface area contributed by atoms with Crippen LogP contribution in [0.2, 0.25) is 0 Å². The van der Waals surface area contributed by atoms with E-state index in [1.54, 1.807) is 0 Å². The van der Waals surface area contributed by atoms with Crippen LogP contribution in [0.15, 0.2) is 18.2 Å². The van der Waals surface area contributed by atoms with Gasteiger partial charge in [0.25, 0.3) is 0 Å². The molecule has 1 saturated heterocycles. The van der Waals surface area contributed by atoms with Gasteiger partial charge in [0.2, 0.25) is 5.91 Å². The molecule has 8 heteroatoms. The molecule has 1 fully saturated rings. The molecule has 19 heavy (non-hydrogen) atoms. The number of halogens is 2. The van der Waals surface area contributed by atoms with Crippen molar-refractivity contribution in [2.24, 2.45) is 5.92 Å². The maximum atomic E-state index is 13.1. The largest absolute Gasteiger partial charge is 0.506 e. The summed E-state index contributed by atoms with van der Waals surface area (Å²) in [5, 5.41) is 9.58. The molecule has 104 valence electrons. The number of phenols is 1. The van der Waals surface area contributed by atoms with E-state index < -0.39 is 33.6 Å². The third-order valence-electron chi connectivity index (χ3n) is 2.87. The molecular formula is C11H11F2NO4S. The summed E-state index contributed by atoms with van der Waals surface area (Å²) in [5.74, 6) is -2.87. The van der Waals surface area contributed by atoms with Gasteiger partial charge in [-0.3, -0.25) is 4.79 Å². The average molecular weight is 291 g/mol. The van der Waals surface area contributed by atoms with Crippen molar-refractivity contribution in [1.29, 1.82) is 0 Å². The van der Waals surface area contributed by atoms with E-state index in [1.807, 2.05) is 0 Å². The number of carbonyl (C=O) groups excluding carboxylic acids is 1. The van der Waals surface area contributed by atoms with Gasteiger partial charge in [0.15, 0.2) is 0 Å². The molecule has 0 radical (unpaired) electrons. The van der Waals surface area contributed by atoms with Crippen LogP contribution in [0.1, 0.15) is 6.42 Å². The second kappa shape index (κ2) is 4.76. The highest BCUT2D eigenvalue weighted by molar-refractivity contribution is 7.86. The van der Waals surface area contributed by atoms with Crippen molar-refractivity contribution in [2.45, 2.75) is 6.42 Å². The van der Waals surface area contributed by atoms with Crippen LogP contribution < -0.4 is 4.90 Å². The van der Waals surface area contributed by atoms with E-state index in [0.717, 1.165) is 23.1 Å². The Balaban J connectivity index is 2.23. The number of aromatic hydroxyl groups is 1. The number of rotatable bonds is 3. The highest BCUT2D eigenvalue weighted by atomic mass is 32.3. The number of carbonyl (C=O) groups is 1. The molecule has 1 N–H and O–H groups in total. The summed E-state index contributed by atoms with van der Waals surface area (Å²) in [6.07, 6.45) is -0.154. The molecule has 0 aromatic heterocycles. The fourth-order valence-corrected chi connectivity index (χ4v) is 2.91. The van der Waals surface area contributed by atoms with Gasteiger partial charge in [0.05, 0.1) is 11.4 Å². The van der Waals surface area contributed by atoms with Crippen LogP contribution >= 0.6 is 0 Å². The molecule has 1 amide bonds. The fraction of sp³-hybridized carbons (Fsp3) is 0.364. The van der Waals surface area contributed by atoms with Crippen LogP contribution in [0.25, 0.3) is 0 Å². The smallest absolute Gasteiger partial charge is 0.302 e. The summed E-state index contributed by atoms with van der Waals surface area (Å²) in [5.41, 5.74) is -0.0382. The molecule has 1 aromatic carbocycles. The summed E-state index contributed by atoms with van der Waals surface area (Å²) in [4.78, 5) is 12.8. The normalized spacial score (nSPS) is 20.0. The molecule has 0 saturated carbocycles. The van der Waals surface area contributed by atoms with E-state index in [1.165, 1.54) is 0 Å². The zero-order valence-electron chi connectivity index (χ0n) is 9.71. The van der Waals surface area contributed by atoms with E-state index in [4.69, 9.17) is 0 Å². The second-order valence-electron chi connectivity index (χ2n) is 4.41. The Hall–Kier alpha value is -1.70. The van der Waals surface area contributed by atoms with Gasteiger partial charge in [-0.05, 0) is 12.1 Å². The van der Waals surface area contributed by atoms with Crippen molar-refractivity contribution >= 4 is 21.8 Å². The fourth-order valence-electron chi connectivity index (χ4n) is 2.12. The SMILES string of the molecule is O=C1CC(CS(=O)(=O)F)CN1c1cc(F)ccc1O. The molecule has 0 spiro atoms. The summed E-state index contributed by atoms with van der Waals surface area (Å²) >= 11 is 0. The predicted octanol–water partition coefficient (Wildman–Crippen LogP) is 1.18. The molecule has 5 nitrogen and oxygen atoms in total. The Bertz CT molecular complexity index is 617. The average Bonchev–Trinajstić information content (AvgIpc) is 2.60. The third-order valence-corrected chi connectivity index (χ3v) is 3.74. The monoisotopic (exact) mass is 291 g/mol. The lowest BCUT2D eigenvalue weighted by Gasteiger charge is -2.17. The highest BCUT2D eigenvalue weighted by Crippen LogP contribution is 2.33. The van der Waals surface area contributed by atoms with E-state index >= 15 is 0 Å². The van der Waals surface area contributed by atoms with Gasteiger partial charge in [-0.25, -0.2) is 4.39 Å². The third kappa shape index (κ3) is 3.19. The lowest BCUT2D eigenvalue weighted by molar-refractivity contribution is -0.117. The Morgan fingerprint density at radius 1 is 1.42 bits per heavy atom. The molecule has 1 aliphatic heterocycles. The van der Waals surface area contributed by atoms with Gasteiger partial charge in [-0.1, -0.05) is 0 Å². The minimum absolute atomic E-state index is 0.0382.